The highest BCUT2D eigenvalue weighted by Crippen LogP contribution is 2.16. The first kappa shape index (κ1) is 15.3. The highest BCUT2D eigenvalue weighted by atomic mass is 16.5. The molecule has 0 aliphatic carbocycles. The van der Waals surface area contributed by atoms with Gasteiger partial charge in [0.25, 0.3) is 0 Å². The third kappa shape index (κ3) is 5.14. The minimum atomic E-state index is 0.408. The summed E-state index contributed by atoms with van der Waals surface area (Å²) >= 11 is 0. The van der Waals surface area contributed by atoms with E-state index in [1.165, 1.54) is 18.4 Å². The average Bonchev–Trinajstić information content (AvgIpc) is 2.48. The molecule has 0 aromatic heterocycles. The number of rotatable bonds is 7. The summed E-state index contributed by atoms with van der Waals surface area (Å²) in [4.78, 5) is 2.49. The van der Waals surface area contributed by atoms with E-state index < -0.39 is 0 Å². The van der Waals surface area contributed by atoms with Crippen LogP contribution in [-0.4, -0.2) is 30.6 Å². The van der Waals surface area contributed by atoms with Crippen LogP contribution in [0.2, 0.25) is 0 Å². The fourth-order valence-electron chi connectivity index (χ4n) is 2.60. The summed E-state index contributed by atoms with van der Waals surface area (Å²) in [5.41, 5.74) is 7.30. The molecular formula is C17H28N2O. The molecule has 1 heterocycles. The SMILES string of the molecule is CCCCCOc1ccc(CN2CCC(N)CC2)cc1. The Morgan fingerprint density at radius 1 is 1.15 bits per heavy atom. The highest BCUT2D eigenvalue weighted by molar-refractivity contribution is 5.27. The van der Waals surface area contributed by atoms with Crippen LogP contribution in [0.4, 0.5) is 0 Å². The second-order valence-electron chi connectivity index (χ2n) is 5.81. The second-order valence-corrected chi connectivity index (χ2v) is 5.81. The van der Waals surface area contributed by atoms with Gasteiger partial charge in [-0.15, -0.1) is 0 Å². The summed E-state index contributed by atoms with van der Waals surface area (Å²) < 4.78 is 5.74. The van der Waals surface area contributed by atoms with Crippen molar-refractivity contribution >= 4 is 0 Å². The van der Waals surface area contributed by atoms with Gasteiger partial charge in [-0.3, -0.25) is 4.90 Å². The normalized spacial score (nSPS) is 17.3. The predicted molar refractivity (Wildman–Crippen MR) is 83.9 cm³/mol. The Kier molecular flexibility index (Phi) is 6.34. The third-order valence-electron chi connectivity index (χ3n) is 3.98. The monoisotopic (exact) mass is 276 g/mol. The molecule has 3 heteroatoms. The van der Waals surface area contributed by atoms with Crippen LogP contribution in [0.1, 0.15) is 44.6 Å². The molecule has 20 heavy (non-hydrogen) atoms. The largest absolute Gasteiger partial charge is 0.494 e. The van der Waals surface area contributed by atoms with Crippen LogP contribution in [0.25, 0.3) is 0 Å². The predicted octanol–water partition coefficient (Wildman–Crippen LogP) is 3.18. The molecule has 1 fully saturated rings. The Morgan fingerprint density at radius 3 is 2.50 bits per heavy atom. The van der Waals surface area contributed by atoms with Gasteiger partial charge in [-0.2, -0.15) is 0 Å². The molecule has 2 rings (SSSR count). The smallest absolute Gasteiger partial charge is 0.119 e. The molecule has 1 saturated heterocycles. The molecule has 0 amide bonds. The number of hydrogen-bond acceptors (Lipinski definition) is 3. The number of unbranched alkanes of at least 4 members (excludes halogenated alkanes) is 2. The van der Waals surface area contributed by atoms with Gasteiger partial charge in [0.05, 0.1) is 6.61 Å². The summed E-state index contributed by atoms with van der Waals surface area (Å²) in [5, 5.41) is 0. The van der Waals surface area contributed by atoms with Gasteiger partial charge >= 0.3 is 0 Å². The van der Waals surface area contributed by atoms with Crippen molar-refractivity contribution in [2.24, 2.45) is 5.73 Å². The number of likely N-dealkylation sites (tertiary alicyclic amines) is 1. The molecule has 1 aliphatic rings. The number of ether oxygens (including phenoxy) is 1. The van der Waals surface area contributed by atoms with Gasteiger partial charge in [-0.05, 0) is 50.0 Å². The summed E-state index contributed by atoms with van der Waals surface area (Å²) in [5.74, 6) is 0.991. The summed E-state index contributed by atoms with van der Waals surface area (Å²) in [7, 11) is 0. The molecule has 1 aromatic carbocycles. The Labute approximate surface area is 123 Å². The van der Waals surface area contributed by atoms with E-state index in [1.807, 2.05) is 0 Å². The topological polar surface area (TPSA) is 38.5 Å². The lowest BCUT2D eigenvalue weighted by Crippen LogP contribution is -2.39. The van der Waals surface area contributed by atoms with Crippen molar-refractivity contribution in [1.82, 2.24) is 4.90 Å². The quantitative estimate of drug-likeness (QED) is 0.777. The van der Waals surface area contributed by atoms with Crippen molar-refractivity contribution in [3.8, 4) is 5.75 Å². The molecule has 112 valence electrons. The standard InChI is InChI=1S/C17H28N2O/c1-2-3-4-13-20-17-7-5-15(6-8-17)14-19-11-9-16(18)10-12-19/h5-8,16H,2-4,9-14,18H2,1H3. The van der Waals surface area contributed by atoms with E-state index in [9.17, 15) is 0 Å². The van der Waals surface area contributed by atoms with E-state index >= 15 is 0 Å². The maximum absolute atomic E-state index is 5.93. The van der Waals surface area contributed by atoms with E-state index in [1.54, 1.807) is 0 Å². The van der Waals surface area contributed by atoms with Crippen LogP contribution in [0.5, 0.6) is 5.75 Å². The van der Waals surface area contributed by atoms with E-state index in [4.69, 9.17) is 10.5 Å². The fraction of sp³-hybridized carbons (Fsp3) is 0.647. The van der Waals surface area contributed by atoms with Crippen LogP contribution < -0.4 is 10.5 Å². The van der Waals surface area contributed by atoms with Crippen molar-refractivity contribution in [3.63, 3.8) is 0 Å². The van der Waals surface area contributed by atoms with Gasteiger partial charge in [0.1, 0.15) is 5.75 Å². The second kappa shape index (κ2) is 8.28. The Balaban J connectivity index is 1.73. The van der Waals surface area contributed by atoms with E-state index in [-0.39, 0.29) is 0 Å². The van der Waals surface area contributed by atoms with E-state index in [0.717, 1.165) is 51.3 Å². The van der Waals surface area contributed by atoms with Gasteiger partial charge in [0.2, 0.25) is 0 Å². The summed E-state index contributed by atoms with van der Waals surface area (Å²) in [6, 6.07) is 8.96. The van der Waals surface area contributed by atoms with Gasteiger partial charge in [0, 0.05) is 12.6 Å². The molecule has 0 radical (unpaired) electrons. The lowest BCUT2D eigenvalue weighted by atomic mass is 10.1. The van der Waals surface area contributed by atoms with E-state index in [0.29, 0.717) is 6.04 Å². The summed E-state index contributed by atoms with van der Waals surface area (Å²) in [6.07, 6.45) is 5.88. The molecular weight excluding hydrogens is 248 g/mol. The Morgan fingerprint density at radius 2 is 1.85 bits per heavy atom. The molecule has 0 saturated carbocycles. The zero-order chi connectivity index (χ0) is 14.2. The number of benzene rings is 1. The number of nitrogens with zero attached hydrogens (tertiary/aromatic N) is 1. The minimum Gasteiger partial charge on any atom is -0.494 e. The van der Waals surface area contributed by atoms with Crippen molar-refractivity contribution in [2.75, 3.05) is 19.7 Å². The molecule has 0 spiro atoms. The van der Waals surface area contributed by atoms with Gasteiger partial charge in [-0.1, -0.05) is 31.9 Å². The Bertz CT molecular complexity index is 369. The van der Waals surface area contributed by atoms with Crippen LogP contribution in [0.3, 0.4) is 0 Å². The minimum absolute atomic E-state index is 0.408. The highest BCUT2D eigenvalue weighted by Gasteiger charge is 2.15. The average molecular weight is 276 g/mol. The molecule has 0 atom stereocenters. The maximum atomic E-state index is 5.93. The molecule has 1 aromatic rings. The van der Waals surface area contributed by atoms with Crippen molar-refractivity contribution in [2.45, 2.75) is 51.6 Å². The number of nitrogens with two attached hydrogens (primary N) is 1. The van der Waals surface area contributed by atoms with Gasteiger partial charge in [-0.25, -0.2) is 0 Å². The third-order valence-corrected chi connectivity index (χ3v) is 3.98. The summed E-state index contributed by atoms with van der Waals surface area (Å²) in [6.45, 7) is 6.31. The fourth-order valence-corrected chi connectivity index (χ4v) is 2.60. The Hall–Kier alpha value is -1.06. The van der Waals surface area contributed by atoms with Gasteiger partial charge < -0.3 is 10.5 Å². The maximum Gasteiger partial charge on any atom is 0.119 e. The van der Waals surface area contributed by atoms with Crippen LogP contribution in [0, 0.1) is 0 Å². The number of piperidine rings is 1. The van der Waals surface area contributed by atoms with Crippen LogP contribution >= 0.6 is 0 Å². The first-order valence-corrected chi connectivity index (χ1v) is 7.97. The first-order valence-electron chi connectivity index (χ1n) is 7.97. The lowest BCUT2D eigenvalue weighted by molar-refractivity contribution is 0.205. The molecule has 0 bridgehead atoms. The zero-order valence-electron chi connectivity index (χ0n) is 12.7. The van der Waals surface area contributed by atoms with Gasteiger partial charge in [0.15, 0.2) is 0 Å². The molecule has 0 unspecified atom stereocenters. The van der Waals surface area contributed by atoms with Crippen molar-refractivity contribution < 1.29 is 4.74 Å². The van der Waals surface area contributed by atoms with Crippen LogP contribution in [-0.2, 0) is 6.54 Å². The first-order chi connectivity index (χ1) is 9.78. The van der Waals surface area contributed by atoms with E-state index in [2.05, 4.69) is 36.1 Å². The van der Waals surface area contributed by atoms with Crippen molar-refractivity contribution in [3.05, 3.63) is 29.8 Å². The molecule has 1 aliphatic heterocycles. The molecule has 2 N–H and O–H groups in total. The molecule has 3 nitrogen and oxygen atoms in total. The zero-order valence-corrected chi connectivity index (χ0v) is 12.7. The lowest BCUT2D eigenvalue weighted by Gasteiger charge is -2.30. The number of hydrogen-bond donors (Lipinski definition) is 1. The van der Waals surface area contributed by atoms with Crippen LogP contribution in [0.15, 0.2) is 24.3 Å². The van der Waals surface area contributed by atoms with Crippen molar-refractivity contribution in [1.29, 1.82) is 0 Å².